The average Bonchev–Trinajstić information content (AvgIpc) is 3.34. The standard InChI is InChI=1S/C42H46Cl2N4O4/c1-45(2)37-25-33-29(23-35(37)43)19-21-47(5)27-41(33,31-13-9-7-10-14-31)51-39(49)17-18-40(50)52-42(32-15-11-8-12-16-32)28-48(6)22-20-30-24-36(44)38(46(3)4)26-34(30)42/h7-18,23-26H,19-22,27-28H2,1-6H3/b18-17+/t41-,42-/m1/s1. The number of rotatable bonds is 8. The number of halogens is 2. The van der Waals surface area contributed by atoms with E-state index in [4.69, 9.17) is 32.7 Å². The van der Waals surface area contributed by atoms with Crippen molar-refractivity contribution in [3.8, 4) is 0 Å². The highest BCUT2D eigenvalue weighted by Gasteiger charge is 2.45. The van der Waals surface area contributed by atoms with Gasteiger partial charge in [0.15, 0.2) is 11.2 Å². The van der Waals surface area contributed by atoms with Gasteiger partial charge in [-0.05, 0) is 62.3 Å². The molecule has 2 atom stereocenters. The first-order valence-corrected chi connectivity index (χ1v) is 18.2. The van der Waals surface area contributed by atoms with E-state index >= 15 is 0 Å². The van der Waals surface area contributed by atoms with Crippen molar-refractivity contribution in [3.05, 3.63) is 141 Å². The summed E-state index contributed by atoms with van der Waals surface area (Å²) < 4.78 is 13.1. The van der Waals surface area contributed by atoms with Gasteiger partial charge in [-0.15, -0.1) is 0 Å². The Morgan fingerprint density at radius 1 is 0.635 bits per heavy atom. The van der Waals surface area contributed by atoms with Crippen molar-refractivity contribution in [1.82, 2.24) is 9.80 Å². The maximum atomic E-state index is 14.0. The fourth-order valence-corrected chi connectivity index (χ4v) is 8.23. The Bertz CT molecular complexity index is 1830. The number of fused-ring (bicyclic) bond motifs is 2. The third-order valence-electron chi connectivity index (χ3n) is 10.1. The number of likely N-dealkylation sites (N-methyl/N-ethyl adjacent to an activating group) is 2. The predicted octanol–water partition coefficient (Wildman–Crippen LogP) is 6.93. The van der Waals surface area contributed by atoms with Gasteiger partial charge in [-0.3, -0.25) is 0 Å². The molecule has 52 heavy (non-hydrogen) atoms. The number of nitrogens with zero attached hydrogens (tertiary/aromatic N) is 4. The lowest BCUT2D eigenvalue weighted by Crippen LogP contribution is -2.43. The van der Waals surface area contributed by atoms with Crippen LogP contribution in [0.4, 0.5) is 11.4 Å². The Balaban J connectivity index is 1.39. The molecule has 6 rings (SSSR count). The highest BCUT2D eigenvalue weighted by molar-refractivity contribution is 6.33. The van der Waals surface area contributed by atoms with Crippen molar-refractivity contribution >= 4 is 46.5 Å². The number of esters is 2. The molecule has 0 aliphatic carbocycles. The third-order valence-corrected chi connectivity index (χ3v) is 10.7. The summed E-state index contributed by atoms with van der Waals surface area (Å²) in [5.41, 5.74) is 4.62. The summed E-state index contributed by atoms with van der Waals surface area (Å²) in [6.07, 6.45) is 3.80. The molecule has 10 heteroatoms. The molecule has 0 N–H and O–H groups in total. The van der Waals surface area contributed by atoms with Gasteiger partial charge in [0.1, 0.15) is 0 Å². The summed E-state index contributed by atoms with van der Waals surface area (Å²) in [6.45, 7) is 2.30. The van der Waals surface area contributed by atoms with E-state index in [9.17, 15) is 9.59 Å². The molecular weight excluding hydrogens is 695 g/mol. The van der Waals surface area contributed by atoms with Crippen LogP contribution in [0.15, 0.2) is 97.1 Å². The quantitative estimate of drug-likeness (QED) is 0.142. The summed E-state index contributed by atoms with van der Waals surface area (Å²) in [4.78, 5) is 36.2. The van der Waals surface area contributed by atoms with Crippen molar-refractivity contribution in [2.24, 2.45) is 0 Å². The van der Waals surface area contributed by atoms with Crippen molar-refractivity contribution in [2.45, 2.75) is 24.0 Å². The van der Waals surface area contributed by atoms with Crippen LogP contribution in [0.25, 0.3) is 0 Å². The van der Waals surface area contributed by atoms with Crippen LogP contribution in [0.3, 0.4) is 0 Å². The molecule has 0 fully saturated rings. The maximum absolute atomic E-state index is 14.0. The molecule has 0 saturated heterocycles. The van der Waals surface area contributed by atoms with Gasteiger partial charge in [-0.1, -0.05) is 83.9 Å². The number of hydrogen-bond acceptors (Lipinski definition) is 8. The number of anilines is 2. The van der Waals surface area contributed by atoms with Crippen LogP contribution in [-0.2, 0) is 43.1 Å². The Hall–Kier alpha value is -4.34. The minimum Gasteiger partial charge on any atom is -0.445 e. The highest BCUT2D eigenvalue weighted by Crippen LogP contribution is 2.44. The van der Waals surface area contributed by atoms with Crippen molar-refractivity contribution in [3.63, 3.8) is 0 Å². The second-order valence-electron chi connectivity index (χ2n) is 14.2. The van der Waals surface area contributed by atoms with Crippen LogP contribution in [0, 0.1) is 0 Å². The molecule has 2 heterocycles. The monoisotopic (exact) mass is 740 g/mol. The van der Waals surface area contributed by atoms with E-state index in [2.05, 4.69) is 9.80 Å². The lowest BCUT2D eigenvalue weighted by molar-refractivity contribution is -0.154. The molecular formula is C42H46Cl2N4O4. The fourth-order valence-electron chi connectivity index (χ4n) is 7.52. The van der Waals surface area contributed by atoms with Gasteiger partial charge in [0.05, 0.1) is 21.4 Å². The number of ether oxygens (including phenoxy) is 2. The molecule has 272 valence electrons. The van der Waals surface area contributed by atoms with E-state index in [1.165, 1.54) is 12.2 Å². The van der Waals surface area contributed by atoms with Crippen LogP contribution < -0.4 is 9.80 Å². The molecule has 0 spiro atoms. The van der Waals surface area contributed by atoms with Gasteiger partial charge in [0.2, 0.25) is 0 Å². The molecule has 8 nitrogen and oxygen atoms in total. The van der Waals surface area contributed by atoms with E-state index in [1.54, 1.807) is 0 Å². The van der Waals surface area contributed by atoms with Gasteiger partial charge < -0.3 is 29.1 Å². The normalized spacial score (nSPS) is 20.7. The molecule has 2 aliphatic rings. The number of carbonyl (C=O) groups excluding carboxylic acids is 2. The van der Waals surface area contributed by atoms with Gasteiger partial charge in [-0.25, -0.2) is 9.59 Å². The smallest absolute Gasteiger partial charge is 0.332 e. The zero-order valence-corrected chi connectivity index (χ0v) is 32.2. The largest absolute Gasteiger partial charge is 0.445 e. The Morgan fingerprint density at radius 3 is 1.35 bits per heavy atom. The van der Waals surface area contributed by atoms with Crippen LogP contribution in [-0.4, -0.2) is 90.2 Å². The number of hydrogen-bond donors (Lipinski definition) is 0. The van der Waals surface area contributed by atoms with Gasteiger partial charge in [-0.2, -0.15) is 0 Å². The van der Waals surface area contributed by atoms with Gasteiger partial charge >= 0.3 is 11.9 Å². The van der Waals surface area contributed by atoms with E-state index in [-0.39, 0.29) is 0 Å². The van der Waals surface area contributed by atoms with Crippen LogP contribution in [0.5, 0.6) is 0 Å². The SMILES string of the molecule is CN1CCc2cc(Cl)c(N(C)C)cc2[C@](OC(=O)/C=C/C(=O)O[C@@]2(c3ccccc3)CN(C)CCc3cc(Cl)c(N(C)C)cc32)(c2ccccc2)C1. The summed E-state index contributed by atoms with van der Waals surface area (Å²) in [7, 11) is 11.8. The van der Waals surface area contributed by atoms with Crippen molar-refractivity contribution < 1.29 is 19.1 Å². The topological polar surface area (TPSA) is 65.6 Å². The summed E-state index contributed by atoms with van der Waals surface area (Å²) >= 11 is 13.5. The maximum Gasteiger partial charge on any atom is 0.332 e. The van der Waals surface area contributed by atoms with E-state index in [1.807, 2.05) is 137 Å². The third kappa shape index (κ3) is 7.44. The van der Waals surface area contributed by atoms with Gasteiger partial charge in [0.25, 0.3) is 0 Å². The van der Waals surface area contributed by atoms with Crippen LogP contribution >= 0.6 is 23.2 Å². The van der Waals surface area contributed by atoms with Gasteiger partial charge in [0, 0.05) is 88.8 Å². The molecule has 0 unspecified atom stereocenters. The molecule has 0 radical (unpaired) electrons. The van der Waals surface area contributed by atoms with Crippen molar-refractivity contribution in [1.29, 1.82) is 0 Å². The average molecular weight is 742 g/mol. The summed E-state index contributed by atoms with van der Waals surface area (Å²) in [5, 5.41) is 1.25. The first kappa shape index (κ1) is 37.4. The van der Waals surface area contributed by atoms with Crippen LogP contribution in [0.1, 0.15) is 33.4 Å². The van der Waals surface area contributed by atoms with Crippen molar-refractivity contribution in [2.75, 3.05) is 78.3 Å². The second kappa shape index (κ2) is 15.3. The molecule has 2 aliphatic heterocycles. The van der Waals surface area contributed by atoms with E-state index in [0.29, 0.717) is 23.1 Å². The number of benzene rings is 4. The predicted molar refractivity (Wildman–Crippen MR) is 210 cm³/mol. The van der Waals surface area contributed by atoms with E-state index < -0.39 is 23.1 Å². The minimum absolute atomic E-state index is 0.402. The number of carbonyl (C=O) groups is 2. The summed E-state index contributed by atoms with van der Waals surface area (Å²) in [5.74, 6) is -1.34. The van der Waals surface area contributed by atoms with E-state index in [0.717, 1.165) is 70.7 Å². The molecule has 0 amide bonds. The zero-order chi connectivity index (χ0) is 37.2. The zero-order valence-electron chi connectivity index (χ0n) is 30.7. The highest BCUT2D eigenvalue weighted by atomic mass is 35.5. The summed E-state index contributed by atoms with van der Waals surface area (Å²) in [6, 6.07) is 27.5. The molecule has 4 aromatic carbocycles. The lowest BCUT2D eigenvalue weighted by atomic mass is 9.82. The Kier molecular flexibility index (Phi) is 11.0. The Labute approximate surface area is 317 Å². The Morgan fingerprint density at radius 2 is 1.00 bits per heavy atom. The molecule has 0 aromatic heterocycles. The van der Waals surface area contributed by atoms with Crippen LogP contribution in [0.2, 0.25) is 10.0 Å². The second-order valence-corrected chi connectivity index (χ2v) is 15.1. The molecule has 4 aromatic rings. The minimum atomic E-state index is -1.18. The first-order valence-electron chi connectivity index (χ1n) is 17.5. The fraction of sp³-hybridized carbons (Fsp3) is 0.333. The molecule has 0 bridgehead atoms. The molecule has 0 saturated carbocycles. The first-order chi connectivity index (χ1) is 24.8. The lowest BCUT2D eigenvalue weighted by Gasteiger charge is -2.37.